The molecule has 0 bridgehead atoms. The predicted molar refractivity (Wildman–Crippen MR) is 131 cm³/mol. The Kier molecular flexibility index (Phi) is 8.15. The van der Waals surface area contributed by atoms with Crippen LogP contribution in [0.5, 0.6) is 0 Å². The number of nitrogens with one attached hydrogen (secondary N) is 1. The molecule has 0 spiro atoms. The molecule has 1 aliphatic heterocycles. The second-order valence-corrected chi connectivity index (χ2v) is 11.9. The van der Waals surface area contributed by atoms with E-state index in [9.17, 15) is 26.4 Å². The van der Waals surface area contributed by atoms with Gasteiger partial charge in [-0.2, -0.15) is 4.31 Å². The second-order valence-electron chi connectivity index (χ2n) is 8.11. The maximum absolute atomic E-state index is 12.7. The number of carbonyl (C=O) groups excluding carboxylic acids is 2. The van der Waals surface area contributed by atoms with Crippen molar-refractivity contribution < 1.29 is 31.2 Å². The van der Waals surface area contributed by atoms with Gasteiger partial charge in [-0.05, 0) is 48.5 Å². The minimum atomic E-state index is -3.81. The van der Waals surface area contributed by atoms with Crippen LogP contribution in [0.25, 0.3) is 0 Å². The van der Waals surface area contributed by atoms with E-state index in [2.05, 4.69) is 5.32 Å². The molecule has 0 aromatic heterocycles. The molecule has 0 atom stereocenters. The fraction of sp³-hybridized carbons (Fsp3) is 0.364. The van der Waals surface area contributed by atoms with Crippen LogP contribution >= 0.6 is 0 Å². The normalized spacial score (nSPS) is 14.8. The van der Waals surface area contributed by atoms with Crippen LogP contribution in [0, 0.1) is 0 Å². The second kappa shape index (κ2) is 10.7. The van der Waals surface area contributed by atoms with Gasteiger partial charge in [-0.3, -0.25) is 13.9 Å². The van der Waals surface area contributed by atoms with Crippen molar-refractivity contribution in [2.24, 2.45) is 0 Å². The highest BCUT2D eigenvalue weighted by molar-refractivity contribution is 7.92. The Balaban J connectivity index is 1.71. The Bertz CT molecular complexity index is 1270. The molecule has 0 aliphatic carbocycles. The summed E-state index contributed by atoms with van der Waals surface area (Å²) in [6, 6.07) is 11.5. The summed E-state index contributed by atoms with van der Waals surface area (Å²) in [5.41, 5.74) is 0.921. The lowest BCUT2D eigenvalue weighted by atomic mass is 10.2. The van der Waals surface area contributed by atoms with Gasteiger partial charge in [-0.15, -0.1) is 0 Å². The number of amides is 2. The zero-order chi connectivity index (χ0) is 25.8. The first-order chi connectivity index (χ1) is 16.4. The number of hydrogen-bond acceptors (Lipinski definition) is 7. The number of benzene rings is 2. The van der Waals surface area contributed by atoms with Crippen LogP contribution in [0.3, 0.4) is 0 Å². The van der Waals surface area contributed by atoms with E-state index in [0.29, 0.717) is 24.5 Å². The molecule has 1 heterocycles. The van der Waals surface area contributed by atoms with Crippen LogP contribution in [0.4, 0.5) is 11.4 Å². The summed E-state index contributed by atoms with van der Waals surface area (Å²) >= 11 is 0. The van der Waals surface area contributed by atoms with E-state index in [4.69, 9.17) is 4.74 Å². The average Bonchev–Trinajstić information content (AvgIpc) is 2.82. The van der Waals surface area contributed by atoms with Crippen molar-refractivity contribution in [1.82, 2.24) is 9.21 Å². The summed E-state index contributed by atoms with van der Waals surface area (Å²) in [6.45, 7) is 0.699. The number of morpholine rings is 1. The zero-order valence-corrected chi connectivity index (χ0v) is 21.3. The van der Waals surface area contributed by atoms with Crippen molar-refractivity contribution >= 4 is 43.2 Å². The average molecular weight is 525 g/mol. The summed E-state index contributed by atoms with van der Waals surface area (Å²) < 4.78 is 57.6. The summed E-state index contributed by atoms with van der Waals surface area (Å²) in [7, 11) is -4.27. The molecule has 2 aromatic carbocycles. The highest BCUT2D eigenvalue weighted by Gasteiger charge is 2.26. The van der Waals surface area contributed by atoms with Gasteiger partial charge in [0.2, 0.25) is 26.0 Å². The number of carbonyl (C=O) groups is 2. The van der Waals surface area contributed by atoms with Crippen molar-refractivity contribution in [2.75, 3.05) is 62.8 Å². The van der Waals surface area contributed by atoms with E-state index in [0.717, 1.165) is 10.6 Å². The molecule has 1 fully saturated rings. The molecule has 0 saturated carbocycles. The molecule has 11 nitrogen and oxygen atoms in total. The summed E-state index contributed by atoms with van der Waals surface area (Å²) in [5, 5.41) is 2.58. The van der Waals surface area contributed by atoms with E-state index >= 15 is 0 Å². The smallest absolute Gasteiger partial charge is 0.253 e. The number of rotatable bonds is 8. The first kappa shape index (κ1) is 26.6. The first-order valence-corrected chi connectivity index (χ1v) is 14.0. The molecular formula is C22H28N4O7S2. The number of nitrogens with zero attached hydrogens (tertiary/aromatic N) is 3. The van der Waals surface area contributed by atoms with Crippen molar-refractivity contribution in [3.05, 3.63) is 54.1 Å². The predicted octanol–water partition coefficient (Wildman–Crippen LogP) is 0.814. The topological polar surface area (TPSA) is 133 Å². The van der Waals surface area contributed by atoms with Crippen molar-refractivity contribution in [2.45, 2.75) is 4.90 Å². The Morgan fingerprint density at radius 1 is 0.943 bits per heavy atom. The summed E-state index contributed by atoms with van der Waals surface area (Å²) in [4.78, 5) is 26.2. The lowest BCUT2D eigenvalue weighted by Gasteiger charge is -2.26. The van der Waals surface area contributed by atoms with Gasteiger partial charge in [0, 0.05) is 38.4 Å². The number of ether oxygens (including phenoxy) is 1. The molecule has 0 unspecified atom stereocenters. The van der Waals surface area contributed by atoms with Gasteiger partial charge in [0.15, 0.2) is 0 Å². The maximum Gasteiger partial charge on any atom is 0.253 e. The number of hydrogen-bond donors (Lipinski definition) is 1. The van der Waals surface area contributed by atoms with Gasteiger partial charge in [0.25, 0.3) is 5.91 Å². The Labute approximate surface area is 205 Å². The van der Waals surface area contributed by atoms with Crippen LogP contribution in [-0.4, -0.2) is 91.1 Å². The molecule has 2 amide bonds. The van der Waals surface area contributed by atoms with E-state index in [1.54, 1.807) is 14.1 Å². The molecule has 1 N–H and O–H groups in total. The highest BCUT2D eigenvalue weighted by Crippen LogP contribution is 2.21. The van der Waals surface area contributed by atoms with Crippen LogP contribution in [0.2, 0.25) is 0 Å². The quantitative estimate of drug-likeness (QED) is 0.540. The van der Waals surface area contributed by atoms with Crippen LogP contribution in [0.15, 0.2) is 53.4 Å². The van der Waals surface area contributed by atoms with Gasteiger partial charge >= 0.3 is 0 Å². The third kappa shape index (κ3) is 6.57. The number of sulfonamides is 2. The van der Waals surface area contributed by atoms with Gasteiger partial charge in [0.1, 0.15) is 6.54 Å². The number of anilines is 2. The molecule has 35 heavy (non-hydrogen) atoms. The highest BCUT2D eigenvalue weighted by atomic mass is 32.2. The molecule has 1 saturated heterocycles. The lowest BCUT2D eigenvalue weighted by molar-refractivity contribution is -0.114. The molecule has 190 valence electrons. The van der Waals surface area contributed by atoms with Gasteiger partial charge in [-0.25, -0.2) is 16.8 Å². The Morgan fingerprint density at radius 2 is 1.51 bits per heavy atom. The fourth-order valence-corrected chi connectivity index (χ4v) is 5.67. The molecule has 0 radical (unpaired) electrons. The van der Waals surface area contributed by atoms with E-state index in [1.165, 1.54) is 57.7 Å². The van der Waals surface area contributed by atoms with Crippen LogP contribution < -0.4 is 9.62 Å². The molecule has 3 rings (SSSR count). The largest absolute Gasteiger partial charge is 0.379 e. The van der Waals surface area contributed by atoms with Crippen LogP contribution in [0.1, 0.15) is 10.4 Å². The minimum absolute atomic E-state index is 0.0857. The Morgan fingerprint density at radius 3 is 2.03 bits per heavy atom. The van der Waals surface area contributed by atoms with E-state index < -0.39 is 32.5 Å². The monoisotopic (exact) mass is 524 g/mol. The first-order valence-electron chi connectivity index (χ1n) is 10.7. The standard InChI is InChI=1S/C22H28N4O7S2/c1-24(2)22(28)17-4-8-19(9-5-17)26(34(3,29)30)16-21(27)23-18-6-10-20(11-7-18)35(31,32)25-12-14-33-15-13-25/h4-11H,12-16H2,1-3H3,(H,23,27). The third-order valence-electron chi connectivity index (χ3n) is 5.24. The van der Waals surface area contributed by atoms with Crippen molar-refractivity contribution in [3.8, 4) is 0 Å². The van der Waals surface area contributed by atoms with Crippen molar-refractivity contribution in [3.63, 3.8) is 0 Å². The maximum atomic E-state index is 12.7. The van der Waals surface area contributed by atoms with E-state index in [-0.39, 0.29) is 29.6 Å². The third-order valence-corrected chi connectivity index (χ3v) is 8.30. The molecular weight excluding hydrogens is 496 g/mol. The van der Waals surface area contributed by atoms with Gasteiger partial charge in [-0.1, -0.05) is 0 Å². The fourth-order valence-electron chi connectivity index (χ4n) is 3.41. The minimum Gasteiger partial charge on any atom is -0.379 e. The molecule has 1 aliphatic rings. The lowest BCUT2D eigenvalue weighted by Crippen LogP contribution is -2.40. The van der Waals surface area contributed by atoms with Gasteiger partial charge in [0.05, 0.1) is 30.1 Å². The zero-order valence-electron chi connectivity index (χ0n) is 19.7. The summed E-state index contributed by atoms with van der Waals surface area (Å²) in [6.07, 6.45) is 0.977. The van der Waals surface area contributed by atoms with Crippen LogP contribution in [-0.2, 0) is 29.6 Å². The SMILES string of the molecule is CN(C)C(=O)c1ccc(N(CC(=O)Nc2ccc(S(=O)(=O)N3CCOCC3)cc2)S(C)(=O)=O)cc1. The van der Waals surface area contributed by atoms with E-state index in [1.807, 2.05) is 0 Å². The molecule has 2 aromatic rings. The summed E-state index contributed by atoms with van der Waals surface area (Å²) in [5.74, 6) is -0.855. The van der Waals surface area contributed by atoms with Crippen molar-refractivity contribution in [1.29, 1.82) is 0 Å². The Hall–Kier alpha value is -3.00. The molecule has 13 heteroatoms. The van der Waals surface area contributed by atoms with Gasteiger partial charge < -0.3 is 15.0 Å².